The average Bonchev–Trinajstić information content (AvgIpc) is 2.76. The number of rotatable bonds is 6. The number of nitrogens with zero attached hydrogens (tertiary/aromatic N) is 1. The number of hydrogen-bond donors (Lipinski definition) is 1. The van der Waals surface area contributed by atoms with Crippen LogP contribution >= 0.6 is 0 Å². The first kappa shape index (κ1) is 23.3. The molecule has 0 bridgehead atoms. The summed E-state index contributed by atoms with van der Waals surface area (Å²) in [4.78, 5) is 50.9. The van der Waals surface area contributed by atoms with Crippen LogP contribution in [0.1, 0.15) is 60.0 Å². The van der Waals surface area contributed by atoms with Crippen molar-refractivity contribution in [2.45, 2.75) is 46.7 Å². The number of hydrogen-bond acceptors (Lipinski definition) is 5. The lowest BCUT2D eigenvalue weighted by Crippen LogP contribution is -2.36. The Morgan fingerprint density at radius 3 is 2.66 bits per heavy atom. The molecule has 1 aliphatic rings. The molecule has 9 heteroatoms. The van der Waals surface area contributed by atoms with E-state index in [1.165, 1.54) is 16.8 Å². The van der Waals surface area contributed by atoms with Gasteiger partial charge in [0.1, 0.15) is 22.9 Å². The molecule has 32 heavy (non-hydrogen) atoms. The van der Waals surface area contributed by atoms with Gasteiger partial charge in [-0.25, -0.2) is 8.78 Å². The fourth-order valence-electron chi connectivity index (χ4n) is 3.33. The van der Waals surface area contributed by atoms with Crippen molar-refractivity contribution in [2.24, 2.45) is 11.8 Å². The van der Waals surface area contributed by atoms with E-state index in [0.29, 0.717) is 25.5 Å². The number of esters is 1. The van der Waals surface area contributed by atoms with E-state index < -0.39 is 40.6 Å². The fraction of sp³-hybridized carbons (Fsp3) is 0.391. The molecule has 170 valence electrons. The number of pyridine rings is 1. The van der Waals surface area contributed by atoms with E-state index in [0.717, 1.165) is 6.07 Å². The number of nitrogens with one attached hydrogen (secondary N) is 1. The number of fused-ring (bicyclic) bond motifs is 1. The van der Waals surface area contributed by atoms with Crippen LogP contribution in [0.5, 0.6) is 5.75 Å². The molecule has 2 aromatic rings. The Morgan fingerprint density at radius 1 is 1.28 bits per heavy atom. The van der Waals surface area contributed by atoms with Crippen LogP contribution < -0.4 is 15.5 Å². The van der Waals surface area contributed by atoms with E-state index in [2.05, 4.69) is 5.32 Å². The number of Topliss-reactive ketones (excluding diaryl/α,β-unsaturated/α-hetero) is 1. The third-order valence-electron chi connectivity index (χ3n) is 5.64. The Kier molecular flexibility index (Phi) is 6.86. The number of benzene rings is 1. The minimum atomic E-state index is -0.896. The van der Waals surface area contributed by atoms with E-state index in [9.17, 15) is 28.0 Å². The van der Waals surface area contributed by atoms with Crippen molar-refractivity contribution in [1.82, 2.24) is 9.88 Å². The summed E-state index contributed by atoms with van der Waals surface area (Å²) in [6.07, 6.45) is 2.21. The van der Waals surface area contributed by atoms with Gasteiger partial charge in [0.15, 0.2) is 5.78 Å². The highest BCUT2D eigenvalue weighted by Crippen LogP contribution is 2.27. The van der Waals surface area contributed by atoms with Crippen LogP contribution in [-0.4, -0.2) is 22.2 Å². The molecule has 2 atom stereocenters. The predicted octanol–water partition coefficient (Wildman–Crippen LogP) is 3.23. The molecular weight excluding hydrogens is 422 g/mol. The number of aryl methyl sites for hydroxylation is 1. The van der Waals surface area contributed by atoms with Gasteiger partial charge >= 0.3 is 5.97 Å². The van der Waals surface area contributed by atoms with Gasteiger partial charge in [-0.15, -0.1) is 0 Å². The molecule has 0 saturated heterocycles. The van der Waals surface area contributed by atoms with E-state index in [4.69, 9.17) is 4.74 Å². The Hall–Kier alpha value is -3.36. The molecule has 1 aromatic carbocycles. The molecule has 0 radical (unpaired) electrons. The molecule has 3 rings (SSSR count). The number of amides is 1. The van der Waals surface area contributed by atoms with Crippen molar-refractivity contribution < 1.29 is 27.9 Å². The summed E-state index contributed by atoms with van der Waals surface area (Å²) in [5.41, 5.74) is -1.24. The summed E-state index contributed by atoms with van der Waals surface area (Å²) in [6.45, 7) is 5.19. The zero-order chi connectivity index (χ0) is 23.6. The predicted molar refractivity (Wildman–Crippen MR) is 111 cm³/mol. The molecule has 2 heterocycles. The average molecular weight is 446 g/mol. The minimum Gasteiger partial charge on any atom is -0.420 e. The standard InChI is InChI=1S/C23H24F2N2O5/c1-4-12(2)23(31)32-21-18-19(28)13(3)7-8-27(18)11-16(20(21)29)22(30)26-10-14-5-6-15(24)9-17(14)25/h5-6,9,11-13H,4,7-8,10H2,1-3H3,(H,26,30). The van der Waals surface area contributed by atoms with Gasteiger partial charge < -0.3 is 14.6 Å². The Balaban J connectivity index is 1.98. The summed E-state index contributed by atoms with van der Waals surface area (Å²) in [7, 11) is 0. The summed E-state index contributed by atoms with van der Waals surface area (Å²) >= 11 is 0. The zero-order valence-electron chi connectivity index (χ0n) is 18.0. The van der Waals surface area contributed by atoms with Crippen LogP contribution in [0.25, 0.3) is 0 Å². The Labute approximate surface area is 183 Å². The lowest BCUT2D eigenvalue weighted by atomic mass is 9.94. The van der Waals surface area contributed by atoms with Crippen LogP contribution in [-0.2, 0) is 17.9 Å². The van der Waals surface area contributed by atoms with Crippen LogP contribution in [0.2, 0.25) is 0 Å². The first-order valence-electron chi connectivity index (χ1n) is 10.4. The van der Waals surface area contributed by atoms with Gasteiger partial charge in [-0.1, -0.05) is 26.8 Å². The highest BCUT2D eigenvalue weighted by Gasteiger charge is 2.33. The van der Waals surface area contributed by atoms with Crippen molar-refractivity contribution in [2.75, 3.05) is 0 Å². The van der Waals surface area contributed by atoms with E-state index >= 15 is 0 Å². The topological polar surface area (TPSA) is 94.5 Å². The number of ketones is 1. The molecule has 1 aromatic heterocycles. The molecule has 7 nitrogen and oxygen atoms in total. The maximum Gasteiger partial charge on any atom is 0.314 e. The maximum absolute atomic E-state index is 13.9. The third-order valence-corrected chi connectivity index (χ3v) is 5.64. The summed E-state index contributed by atoms with van der Waals surface area (Å²) in [5.74, 6) is -4.78. The van der Waals surface area contributed by atoms with Gasteiger partial charge in [0.05, 0.1) is 5.92 Å². The first-order valence-corrected chi connectivity index (χ1v) is 10.4. The highest BCUT2D eigenvalue weighted by atomic mass is 19.1. The molecule has 0 spiro atoms. The molecule has 1 N–H and O–H groups in total. The monoisotopic (exact) mass is 446 g/mol. The lowest BCUT2D eigenvalue weighted by Gasteiger charge is -2.25. The van der Waals surface area contributed by atoms with Crippen LogP contribution in [0.3, 0.4) is 0 Å². The zero-order valence-corrected chi connectivity index (χ0v) is 18.0. The van der Waals surface area contributed by atoms with E-state index in [1.54, 1.807) is 20.8 Å². The van der Waals surface area contributed by atoms with Crippen molar-refractivity contribution in [3.63, 3.8) is 0 Å². The lowest BCUT2D eigenvalue weighted by molar-refractivity contribution is -0.138. The van der Waals surface area contributed by atoms with Crippen LogP contribution in [0.4, 0.5) is 8.78 Å². The molecule has 0 saturated carbocycles. The highest BCUT2D eigenvalue weighted by molar-refractivity contribution is 6.01. The number of carbonyl (C=O) groups excluding carboxylic acids is 3. The summed E-state index contributed by atoms with van der Waals surface area (Å²) < 4.78 is 33.7. The molecule has 2 unspecified atom stereocenters. The van der Waals surface area contributed by atoms with Gasteiger partial charge in [-0.2, -0.15) is 0 Å². The fourth-order valence-corrected chi connectivity index (χ4v) is 3.33. The molecule has 1 aliphatic heterocycles. The normalized spacial score (nSPS) is 16.3. The number of carbonyl (C=O) groups is 3. The molecule has 1 amide bonds. The summed E-state index contributed by atoms with van der Waals surface area (Å²) in [5, 5.41) is 2.42. The smallest absolute Gasteiger partial charge is 0.314 e. The van der Waals surface area contributed by atoms with Gasteiger partial charge in [-0.3, -0.25) is 19.2 Å². The second kappa shape index (κ2) is 9.42. The SMILES string of the molecule is CCC(C)C(=O)Oc1c2n(cc(C(=O)NCc3ccc(F)cc3F)c1=O)CCC(C)C2=O. The minimum absolute atomic E-state index is 0.0326. The largest absolute Gasteiger partial charge is 0.420 e. The first-order chi connectivity index (χ1) is 15.1. The van der Waals surface area contributed by atoms with Crippen molar-refractivity contribution in [1.29, 1.82) is 0 Å². The van der Waals surface area contributed by atoms with Crippen molar-refractivity contribution in [3.8, 4) is 5.75 Å². The Morgan fingerprint density at radius 2 is 2.00 bits per heavy atom. The third kappa shape index (κ3) is 4.61. The maximum atomic E-state index is 13.9. The number of ether oxygens (including phenoxy) is 1. The van der Waals surface area contributed by atoms with Crippen molar-refractivity contribution >= 4 is 17.7 Å². The van der Waals surface area contributed by atoms with Crippen molar-refractivity contribution in [3.05, 3.63) is 63.1 Å². The Bertz CT molecular complexity index is 1140. The van der Waals surface area contributed by atoms with Crippen LogP contribution in [0, 0.1) is 23.5 Å². The summed E-state index contributed by atoms with van der Waals surface area (Å²) in [6, 6.07) is 2.93. The van der Waals surface area contributed by atoms with Gasteiger partial charge in [-0.05, 0) is 18.9 Å². The van der Waals surface area contributed by atoms with Gasteiger partial charge in [0.2, 0.25) is 11.2 Å². The molecular formula is C23H24F2N2O5. The number of aromatic nitrogens is 1. The number of halogens is 2. The van der Waals surface area contributed by atoms with E-state index in [1.807, 2.05) is 0 Å². The second-order valence-corrected chi connectivity index (χ2v) is 7.95. The second-order valence-electron chi connectivity index (χ2n) is 7.95. The molecule has 0 aliphatic carbocycles. The van der Waals surface area contributed by atoms with E-state index in [-0.39, 0.29) is 35.1 Å². The van der Waals surface area contributed by atoms with Gasteiger partial charge in [0.25, 0.3) is 5.91 Å². The quantitative estimate of drug-likeness (QED) is 0.688. The molecule has 0 fully saturated rings. The van der Waals surface area contributed by atoms with Gasteiger partial charge in [0, 0.05) is 36.8 Å². The van der Waals surface area contributed by atoms with Crippen LogP contribution in [0.15, 0.2) is 29.2 Å².